The monoisotopic (exact) mass is 271 g/mol. The van der Waals surface area contributed by atoms with Crippen molar-refractivity contribution in [2.45, 2.75) is 13.3 Å². The van der Waals surface area contributed by atoms with Crippen LogP contribution in [0.25, 0.3) is 21.5 Å². The maximum atomic E-state index is 5.59. The van der Waals surface area contributed by atoms with Gasteiger partial charge in [0.15, 0.2) is 0 Å². The molecule has 0 aliphatic rings. The van der Waals surface area contributed by atoms with Crippen LogP contribution in [0.5, 0.6) is 0 Å². The maximum Gasteiger partial charge on any atom is 0.126 e. The Morgan fingerprint density at radius 3 is 2.89 bits per heavy atom. The van der Waals surface area contributed by atoms with Crippen LogP contribution in [-0.2, 0) is 13.5 Å². The van der Waals surface area contributed by atoms with E-state index in [0.29, 0.717) is 6.54 Å². The highest BCUT2D eigenvalue weighted by molar-refractivity contribution is 7.13. The van der Waals surface area contributed by atoms with Crippen molar-refractivity contribution in [1.82, 2.24) is 9.55 Å². The molecule has 0 amide bonds. The summed E-state index contributed by atoms with van der Waals surface area (Å²) < 4.78 is 2.23. The minimum absolute atomic E-state index is 0.650. The molecule has 0 unspecified atom stereocenters. The third-order valence-electron chi connectivity index (χ3n) is 3.57. The Labute approximate surface area is 116 Å². The quantitative estimate of drug-likeness (QED) is 0.795. The van der Waals surface area contributed by atoms with Crippen LogP contribution >= 0.6 is 11.3 Å². The number of hydrogen-bond acceptors (Lipinski definition) is 3. The van der Waals surface area contributed by atoms with Gasteiger partial charge in [0.2, 0.25) is 0 Å². The topological polar surface area (TPSA) is 43.8 Å². The van der Waals surface area contributed by atoms with Crippen molar-refractivity contribution in [3.63, 3.8) is 0 Å². The highest BCUT2D eigenvalue weighted by Gasteiger charge is 2.15. The molecule has 0 aliphatic carbocycles. The van der Waals surface area contributed by atoms with E-state index >= 15 is 0 Å². The molecule has 2 aromatic heterocycles. The zero-order valence-electron chi connectivity index (χ0n) is 11.2. The van der Waals surface area contributed by atoms with Crippen molar-refractivity contribution in [3.8, 4) is 10.6 Å². The predicted octanol–water partition coefficient (Wildman–Crippen LogP) is 3.11. The molecule has 3 aromatic rings. The third kappa shape index (κ3) is 1.97. The van der Waals surface area contributed by atoms with Crippen molar-refractivity contribution < 1.29 is 0 Å². The Bertz CT molecular complexity index is 724. The molecule has 0 spiro atoms. The van der Waals surface area contributed by atoms with Gasteiger partial charge in [0.25, 0.3) is 0 Å². The number of thiazole rings is 1. The molecule has 3 nitrogen and oxygen atoms in total. The van der Waals surface area contributed by atoms with Gasteiger partial charge in [-0.1, -0.05) is 18.2 Å². The van der Waals surface area contributed by atoms with E-state index in [9.17, 15) is 0 Å². The molecule has 98 valence electrons. The van der Waals surface area contributed by atoms with Crippen LogP contribution in [0.15, 0.2) is 29.6 Å². The molecule has 0 bridgehead atoms. The largest absolute Gasteiger partial charge is 0.347 e. The van der Waals surface area contributed by atoms with Gasteiger partial charge >= 0.3 is 0 Å². The van der Waals surface area contributed by atoms with Gasteiger partial charge in [0, 0.05) is 41.0 Å². The summed E-state index contributed by atoms with van der Waals surface area (Å²) in [5.41, 5.74) is 10.5. The van der Waals surface area contributed by atoms with Crippen molar-refractivity contribution in [2.75, 3.05) is 6.54 Å². The minimum atomic E-state index is 0.650. The Morgan fingerprint density at radius 1 is 1.32 bits per heavy atom. The summed E-state index contributed by atoms with van der Waals surface area (Å²) in [6.45, 7) is 2.80. The fourth-order valence-electron chi connectivity index (χ4n) is 2.48. The van der Waals surface area contributed by atoms with Gasteiger partial charge in [-0.05, 0) is 19.5 Å². The summed E-state index contributed by atoms with van der Waals surface area (Å²) >= 11 is 1.70. The van der Waals surface area contributed by atoms with Crippen molar-refractivity contribution >= 4 is 22.2 Å². The molecule has 0 fully saturated rings. The molecule has 1 aromatic carbocycles. The number of para-hydroxylation sites is 1. The van der Waals surface area contributed by atoms with E-state index in [-0.39, 0.29) is 0 Å². The maximum absolute atomic E-state index is 5.59. The molecular formula is C15H17N3S. The first-order chi connectivity index (χ1) is 9.22. The van der Waals surface area contributed by atoms with Crippen LogP contribution in [0.2, 0.25) is 0 Å². The Kier molecular flexibility index (Phi) is 3.12. The molecular weight excluding hydrogens is 254 g/mol. The van der Waals surface area contributed by atoms with Gasteiger partial charge in [-0.2, -0.15) is 0 Å². The number of nitrogens with zero attached hydrogens (tertiary/aromatic N) is 2. The first-order valence-corrected chi connectivity index (χ1v) is 7.29. The Balaban J connectivity index is 2.21. The van der Waals surface area contributed by atoms with Crippen molar-refractivity contribution in [1.29, 1.82) is 0 Å². The molecule has 2 N–H and O–H groups in total. The molecule has 19 heavy (non-hydrogen) atoms. The lowest BCUT2D eigenvalue weighted by atomic mass is 10.1. The van der Waals surface area contributed by atoms with E-state index in [0.717, 1.165) is 17.1 Å². The van der Waals surface area contributed by atoms with E-state index in [1.165, 1.54) is 22.2 Å². The molecule has 0 saturated carbocycles. The fraction of sp³-hybridized carbons (Fsp3) is 0.267. The van der Waals surface area contributed by atoms with Crippen LogP contribution in [-0.4, -0.2) is 16.1 Å². The lowest BCUT2D eigenvalue weighted by Crippen LogP contribution is -2.02. The third-order valence-corrected chi connectivity index (χ3v) is 4.47. The van der Waals surface area contributed by atoms with Crippen LogP contribution in [0.4, 0.5) is 0 Å². The average Bonchev–Trinajstić information content (AvgIpc) is 2.96. The zero-order valence-corrected chi connectivity index (χ0v) is 12.0. The highest BCUT2D eigenvalue weighted by Crippen LogP contribution is 2.35. The Hall–Kier alpha value is -1.65. The number of fused-ring (bicyclic) bond motifs is 1. The van der Waals surface area contributed by atoms with Crippen LogP contribution in [0, 0.1) is 6.92 Å². The number of hydrogen-bond donors (Lipinski definition) is 1. The first-order valence-electron chi connectivity index (χ1n) is 6.41. The summed E-state index contributed by atoms with van der Waals surface area (Å²) in [5.74, 6) is 0. The predicted molar refractivity (Wildman–Crippen MR) is 81.5 cm³/mol. The molecule has 0 saturated heterocycles. The van der Waals surface area contributed by atoms with Crippen LogP contribution in [0.3, 0.4) is 0 Å². The van der Waals surface area contributed by atoms with Gasteiger partial charge < -0.3 is 10.3 Å². The van der Waals surface area contributed by atoms with E-state index in [4.69, 9.17) is 10.7 Å². The van der Waals surface area contributed by atoms with Gasteiger partial charge in [0.1, 0.15) is 5.01 Å². The lowest BCUT2D eigenvalue weighted by molar-refractivity contribution is 0.917. The summed E-state index contributed by atoms with van der Waals surface area (Å²) in [7, 11) is 2.11. The minimum Gasteiger partial charge on any atom is -0.347 e. The lowest BCUT2D eigenvalue weighted by Gasteiger charge is -1.98. The van der Waals surface area contributed by atoms with Crippen molar-refractivity contribution in [3.05, 3.63) is 41.0 Å². The second kappa shape index (κ2) is 4.79. The standard InChI is InChI=1S/C15H17N3S/c1-10-14(15-17-11(7-8-16)9-19-15)12-5-3-4-6-13(12)18(10)2/h3-6,9H,7-8,16H2,1-2H3. The highest BCUT2D eigenvalue weighted by atomic mass is 32.1. The van der Waals surface area contributed by atoms with Gasteiger partial charge in [-0.15, -0.1) is 11.3 Å². The zero-order chi connectivity index (χ0) is 13.4. The fourth-order valence-corrected chi connectivity index (χ4v) is 3.44. The number of benzene rings is 1. The Morgan fingerprint density at radius 2 is 2.11 bits per heavy atom. The van der Waals surface area contributed by atoms with E-state index in [2.05, 4.69) is 48.2 Å². The van der Waals surface area contributed by atoms with Gasteiger partial charge in [0.05, 0.1) is 5.69 Å². The smallest absolute Gasteiger partial charge is 0.126 e. The van der Waals surface area contributed by atoms with Gasteiger partial charge in [-0.3, -0.25) is 0 Å². The second-order valence-corrected chi connectivity index (χ2v) is 5.58. The SMILES string of the molecule is Cc1c(-c2nc(CCN)cs2)c2ccccc2n1C. The van der Waals surface area contributed by atoms with E-state index in [1.54, 1.807) is 11.3 Å². The van der Waals surface area contributed by atoms with Crippen molar-refractivity contribution in [2.24, 2.45) is 12.8 Å². The van der Waals surface area contributed by atoms with Crippen LogP contribution in [0.1, 0.15) is 11.4 Å². The van der Waals surface area contributed by atoms with Crippen LogP contribution < -0.4 is 5.73 Å². The second-order valence-electron chi connectivity index (χ2n) is 4.72. The number of aryl methyl sites for hydroxylation is 1. The molecule has 0 aliphatic heterocycles. The number of nitrogens with two attached hydrogens (primary N) is 1. The molecule has 3 rings (SSSR count). The number of rotatable bonds is 3. The first kappa shape index (κ1) is 12.4. The summed E-state index contributed by atoms with van der Waals surface area (Å²) in [5, 5.41) is 4.48. The van der Waals surface area contributed by atoms with E-state index < -0.39 is 0 Å². The summed E-state index contributed by atoms with van der Waals surface area (Å²) in [4.78, 5) is 4.72. The summed E-state index contributed by atoms with van der Waals surface area (Å²) in [6, 6.07) is 8.48. The average molecular weight is 271 g/mol. The summed E-state index contributed by atoms with van der Waals surface area (Å²) in [6.07, 6.45) is 0.848. The van der Waals surface area contributed by atoms with Gasteiger partial charge in [-0.25, -0.2) is 4.98 Å². The molecule has 0 radical (unpaired) electrons. The molecule has 4 heteroatoms. The molecule has 0 atom stereocenters. The number of aromatic nitrogens is 2. The van der Waals surface area contributed by atoms with E-state index in [1.807, 2.05) is 0 Å². The normalized spacial score (nSPS) is 11.3. The molecule has 2 heterocycles.